The standard InChI is InChI=1S/C12H14N2O3S/c15-6-9(8-4-2-1-3-5-8)13-11(16)10-7-18-12(17)14-10/h1-5,9-10,15H,6-7H2,(H,13,16)(H,14,17)/t9-,10?/m1/s1. The maximum atomic E-state index is 11.9. The Morgan fingerprint density at radius 1 is 1.50 bits per heavy atom. The highest BCUT2D eigenvalue weighted by Gasteiger charge is 2.29. The van der Waals surface area contributed by atoms with E-state index in [-0.39, 0.29) is 17.8 Å². The van der Waals surface area contributed by atoms with Crippen LogP contribution in [0.4, 0.5) is 4.79 Å². The lowest BCUT2D eigenvalue weighted by atomic mass is 10.1. The Hall–Kier alpha value is -1.53. The van der Waals surface area contributed by atoms with Gasteiger partial charge in [-0.2, -0.15) is 0 Å². The van der Waals surface area contributed by atoms with E-state index in [9.17, 15) is 14.7 Å². The molecule has 1 aromatic rings. The number of aliphatic hydroxyl groups excluding tert-OH is 1. The topological polar surface area (TPSA) is 78.4 Å². The molecule has 0 aromatic heterocycles. The van der Waals surface area contributed by atoms with Crippen LogP contribution in [0.15, 0.2) is 30.3 Å². The lowest BCUT2D eigenvalue weighted by molar-refractivity contribution is -0.123. The molecule has 96 valence electrons. The summed E-state index contributed by atoms with van der Waals surface area (Å²) in [5.41, 5.74) is 0.838. The molecule has 5 nitrogen and oxygen atoms in total. The summed E-state index contributed by atoms with van der Waals surface area (Å²) in [5, 5.41) is 14.4. The SMILES string of the molecule is O=C1NC(C(=O)N[C@H](CO)c2ccccc2)CS1. The number of thioether (sulfide) groups is 1. The maximum Gasteiger partial charge on any atom is 0.279 e. The normalized spacial score (nSPS) is 20.3. The molecule has 1 saturated heterocycles. The summed E-state index contributed by atoms with van der Waals surface area (Å²) in [4.78, 5) is 22.9. The van der Waals surface area contributed by atoms with Gasteiger partial charge in [-0.05, 0) is 5.56 Å². The molecule has 1 aliphatic rings. The largest absolute Gasteiger partial charge is 0.394 e. The quantitative estimate of drug-likeness (QED) is 0.748. The molecule has 3 N–H and O–H groups in total. The molecule has 0 saturated carbocycles. The molecular weight excluding hydrogens is 252 g/mol. The molecule has 0 radical (unpaired) electrons. The van der Waals surface area contributed by atoms with Crippen molar-refractivity contribution in [2.75, 3.05) is 12.4 Å². The zero-order valence-corrected chi connectivity index (χ0v) is 10.4. The first-order valence-corrected chi connectivity index (χ1v) is 6.58. The van der Waals surface area contributed by atoms with Crippen molar-refractivity contribution in [3.8, 4) is 0 Å². The molecule has 2 rings (SSSR count). The summed E-state index contributed by atoms with van der Waals surface area (Å²) in [7, 11) is 0. The van der Waals surface area contributed by atoms with Gasteiger partial charge in [-0.3, -0.25) is 9.59 Å². The van der Waals surface area contributed by atoms with Crippen molar-refractivity contribution in [3.63, 3.8) is 0 Å². The van der Waals surface area contributed by atoms with Gasteiger partial charge in [0.15, 0.2) is 0 Å². The van der Waals surface area contributed by atoms with E-state index in [4.69, 9.17) is 0 Å². The number of benzene rings is 1. The van der Waals surface area contributed by atoms with Crippen LogP contribution in [0.1, 0.15) is 11.6 Å². The highest BCUT2D eigenvalue weighted by Crippen LogP contribution is 2.16. The molecule has 1 aliphatic heterocycles. The van der Waals surface area contributed by atoms with E-state index in [1.807, 2.05) is 30.3 Å². The molecular formula is C12H14N2O3S. The van der Waals surface area contributed by atoms with Gasteiger partial charge in [0, 0.05) is 5.75 Å². The van der Waals surface area contributed by atoms with E-state index in [2.05, 4.69) is 10.6 Å². The number of amides is 2. The van der Waals surface area contributed by atoms with Crippen molar-refractivity contribution >= 4 is 22.9 Å². The lowest BCUT2D eigenvalue weighted by Crippen LogP contribution is -2.44. The molecule has 1 unspecified atom stereocenters. The Morgan fingerprint density at radius 3 is 2.78 bits per heavy atom. The van der Waals surface area contributed by atoms with Gasteiger partial charge in [-0.25, -0.2) is 0 Å². The van der Waals surface area contributed by atoms with E-state index in [1.54, 1.807) is 0 Å². The van der Waals surface area contributed by atoms with Crippen molar-refractivity contribution in [3.05, 3.63) is 35.9 Å². The van der Waals surface area contributed by atoms with Crippen LogP contribution in [0, 0.1) is 0 Å². The van der Waals surface area contributed by atoms with Crippen LogP contribution in [-0.4, -0.2) is 34.7 Å². The van der Waals surface area contributed by atoms with Crippen molar-refractivity contribution < 1.29 is 14.7 Å². The summed E-state index contributed by atoms with van der Waals surface area (Å²) >= 11 is 1.09. The maximum absolute atomic E-state index is 11.9. The number of nitrogens with one attached hydrogen (secondary N) is 2. The van der Waals surface area contributed by atoms with Gasteiger partial charge in [0.25, 0.3) is 5.24 Å². The third-order valence-corrected chi connectivity index (χ3v) is 3.57. The molecule has 18 heavy (non-hydrogen) atoms. The minimum atomic E-state index is -0.514. The summed E-state index contributed by atoms with van der Waals surface area (Å²) in [6.45, 7) is -0.177. The summed E-state index contributed by atoms with van der Waals surface area (Å²) in [6, 6.07) is 8.27. The van der Waals surface area contributed by atoms with Gasteiger partial charge < -0.3 is 15.7 Å². The Balaban J connectivity index is 1.98. The minimum absolute atomic E-state index is 0.177. The van der Waals surface area contributed by atoms with Crippen LogP contribution in [-0.2, 0) is 4.79 Å². The first-order valence-electron chi connectivity index (χ1n) is 5.60. The second-order valence-corrected chi connectivity index (χ2v) is 4.94. The van der Waals surface area contributed by atoms with Crippen LogP contribution in [0.25, 0.3) is 0 Å². The molecule has 1 heterocycles. The molecule has 2 amide bonds. The van der Waals surface area contributed by atoms with Gasteiger partial charge in [-0.1, -0.05) is 42.1 Å². The van der Waals surface area contributed by atoms with E-state index in [1.165, 1.54) is 0 Å². The van der Waals surface area contributed by atoms with E-state index >= 15 is 0 Å². The monoisotopic (exact) mass is 266 g/mol. The summed E-state index contributed by atoms with van der Waals surface area (Å²) < 4.78 is 0. The summed E-state index contributed by atoms with van der Waals surface area (Å²) in [6.07, 6.45) is 0. The molecule has 0 aliphatic carbocycles. The Morgan fingerprint density at radius 2 is 2.22 bits per heavy atom. The number of carbonyl (C=O) groups excluding carboxylic acids is 2. The number of carbonyl (C=O) groups is 2. The Kier molecular flexibility index (Phi) is 4.22. The van der Waals surface area contributed by atoms with Gasteiger partial charge in [0.2, 0.25) is 5.91 Å². The first-order chi connectivity index (χ1) is 8.70. The molecule has 1 fully saturated rings. The Labute approximate surface area is 109 Å². The number of aliphatic hydroxyl groups is 1. The highest BCUT2D eigenvalue weighted by atomic mass is 32.2. The van der Waals surface area contributed by atoms with Gasteiger partial charge in [0.05, 0.1) is 12.6 Å². The second kappa shape index (κ2) is 5.88. The second-order valence-electron chi connectivity index (χ2n) is 3.95. The van der Waals surface area contributed by atoms with Crippen molar-refractivity contribution in [1.29, 1.82) is 0 Å². The van der Waals surface area contributed by atoms with Gasteiger partial charge in [0.1, 0.15) is 6.04 Å². The highest BCUT2D eigenvalue weighted by molar-refractivity contribution is 8.14. The van der Waals surface area contributed by atoms with Gasteiger partial charge >= 0.3 is 0 Å². The average Bonchev–Trinajstić information content (AvgIpc) is 2.83. The van der Waals surface area contributed by atoms with Crippen LogP contribution in [0.5, 0.6) is 0 Å². The van der Waals surface area contributed by atoms with E-state index < -0.39 is 12.1 Å². The van der Waals surface area contributed by atoms with E-state index in [0.29, 0.717) is 5.75 Å². The minimum Gasteiger partial charge on any atom is -0.394 e. The molecule has 0 bridgehead atoms. The molecule has 0 spiro atoms. The first kappa shape index (κ1) is 12.9. The van der Waals surface area contributed by atoms with Crippen molar-refractivity contribution in [1.82, 2.24) is 10.6 Å². The molecule has 1 aromatic carbocycles. The third kappa shape index (κ3) is 3.02. The van der Waals surface area contributed by atoms with E-state index in [0.717, 1.165) is 17.3 Å². The zero-order chi connectivity index (χ0) is 13.0. The number of rotatable bonds is 4. The van der Waals surface area contributed by atoms with Gasteiger partial charge in [-0.15, -0.1) is 0 Å². The number of hydrogen-bond donors (Lipinski definition) is 3. The summed E-state index contributed by atoms with van der Waals surface area (Å²) in [5.74, 6) is 0.161. The van der Waals surface area contributed by atoms with Crippen LogP contribution in [0.3, 0.4) is 0 Å². The fraction of sp³-hybridized carbons (Fsp3) is 0.333. The lowest BCUT2D eigenvalue weighted by Gasteiger charge is -2.19. The molecule has 2 atom stereocenters. The Bertz CT molecular complexity index is 438. The van der Waals surface area contributed by atoms with Crippen LogP contribution < -0.4 is 10.6 Å². The fourth-order valence-electron chi connectivity index (χ4n) is 1.72. The van der Waals surface area contributed by atoms with Crippen LogP contribution >= 0.6 is 11.8 Å². The predicted octanol–water partition coefficient (Wildman–Crippen LogP) is 0.661. The van der Waals surface area contributed by atoms with Crippen molar-refractivity contribution in [2.24, 2.45) is 0 Å². The third-order valence-electron chi connectivity index (χ3n) is 2.69. The van der Waals surface area contributed by atoms with Crippen molar-refractivity contribution in [2.45, 2.75) is 12.1 Å². The fourth-order valence-corrected chi connectivity index (χ4v) is 2.50. The smallest absolute Gasteiger partial charge is 0.279 e. The predicted molar refractivity (Wildman–Crippen MR) is 69.2 cm³/mol. The average molecular weight is 266 g/mol. The number of hydrogen-bond acceptors (Lipinski definition) is 4. The molecule has 6 heteroatoms. The van der Waals surface area contributed by atoms with Crippen LogP contribution in [0.2, 0.25) is 0 Å². The zero-order valence-electron chi connectivity index (χ0n) is 9.63.